The maximum Gasteiger partial charge on any atom is 0.255 e. The number of amides is 1. The summed E-state index contributed by atoms with van der Waals surface area (Å²) in [6, 6.07) is 16.5. The smallest absolute Gasteiger partial charge is 0.255 e. The molecule has 0 radical (unpaired) electrons. The number of fused-ring (bicyclic) bond motifs is 1. The van der Waals surface area contributed by atoms with E-state index in [0.29, 0.717) is 22.7 Å². The van der Waals surface area contributed by atoms with E-state index in [1.807, 2.05) is 41.8 Å². The zero-order valence-electron chi connectivity index (χ0n) is 13.1. The van der Waals surface area contributed by atoms with E-state index >= 15 is 0 Å². The van der Waals surface area contributed by atoms with Crippen LogP contribution in [0.4, 0.5) is 5.69 Å². The van der Waals surface area contributed by atoms with Gasteiger partial charge in [0.05, 0.1) is 4.88 Å². The van der Waals surface area contributed by atoms with E-state index in [4.69, 9.17) is 9.47 Å². The summed E-state index contributed by atoms with van der Waals surface area (Å²) in [7, 11) is 0. The van der Waals surface area contributed by atoms with Crippen molar-refractivity contribution < 1.29 is 14.3 Å². The third-order valence-corrected chi connectivity index (χ3v) is 4.39. The van der Waals surface area contributed by atoms with E-state index < -0.39 is 0 Å². The molecule has 1 aliphatic heterocycles. The lowest BCUT2D eigenvalue weighted by Gasteiger charge is -2.06. The summed E-state index contributed by atoms with van der Waals surface area (Å²) < 4.78 is 10.6. The fourth-order valence-electron chi connectivity index (χ4n) is 2.40. The normalized spacial score (nSPS) is 11.5. The first-order valence-electron chi connectivity index (χ1n) is 7.64. The number of carbonyl (C=O) groups excluding carboxylic acids is 1. The first kappa shape index (κ1) is 15.3. The molecule has 1 aliphatic rings. The molecule has 3 aromatic rings. The van der Waals surface area contributed by atoms with Crippen molar-refractivity contribution in [1.29, 1.82) is 0 Å². The highest BCUT2D eigenvalue weighted by Gasteiger charge is 2.16. The molecule has 122 valence electrons. The number of carbonyl (C=O) groups is 1. The first-order valence-corrected chi connectivity index (χ1v) is 8.52. The summed E-state index contributed by atoms with van der Waals surface area (Å²) >= 11 is 1.60. The van der Waals surface area contributed by atoms with Crippen molar-refractivity contribution in [2.45, 2.75) is 0 Å². The average molecular weight is 347 g/mol. The van der Waals surface area contributed by atoms with Gasteiger partial charge in [0.15, 0.2) is 11.5 Å². The van der Waals surface area contributed by atoms with Gasteiger partial charge in [0.25, 0.3) is 5.91 Å². The van der Waals surface area contributed by atoms with Crippen LogP contribution in [-0.2, 0) is 0 Å². The van der Waals surface area contributed by atoms with Crippen molar-refractivity contribution in [1.82, 2.24) is 0 Å². The van der Waals surface area contributed by atoms with Crippen molar-refractivity contribution in [3.05, 3.63) is 76.0 Å². The molecule has 0 aliphatic carbocycles. The maximum absolute atomic E-state index is 12.4. The van der Waals surface area contributed by atoms with Crippen LogP contribution in [0.15, 0.2) is 60.0 Å². The Morgan fingerprint density at radius 3 is 2.80 bits per heavy atom. The largest absolute Gasteiger partial charge is 0.454 e. The van der Waals surface area contributed by atoms with Crippen LogP contribution in [0.1, 0.15) is 20.8 Å². The van der Waals surface area contributed by atoms with Gasteiger partial charge >= 0.3 is 0 Å². The minimum absolute atomic E-state index is 0.186. The van der Waals surface area contributed by atoms with Gasteiger partial charge in [-0.05, 0) is 47.8 Å². The van der Waals surface area contributed by atoms with Crippen molar-refractivity contribution >= 4 is 22.9 Å². The van der Waals surface area contributed by atoms with Gasteiger partial charge < -0.3 is 14.8 Å². The molecule has 0 saturated carbocycles. The highest BCUT2D eigenvalue weighted by molar-refractivity contribution is 7.10. The summed E-state index contributed by atoms with van der Waals surface area (Å²) in [5.74, 6) is 7.25. The lowest BCUT2D eigenvalue weighted by atomic mass is 10.1. The van der Waals surface area contributed by atoms with Crippen LogP contribution >= 0.6 is 11.3 Å². The lowest BCUT2D eigenvalue weighted by molar-refractivity contribution is 0.102. The highest BCUT2D eigenvalue weighted by Crippen LogP contribution is 2.32. The molecule has 2 heterocycles. The van der Waals surface area contributed by atoms with Gasteiger partial charge in [0.1, 0.15) is 0 Å². The number of rotatable bonds is 2. The Hall–Kier alpha value is -3.23. The van der Waals surface area contributed by atoms with Crippen LogP contribution in [-0.4, -0.2) is 12.7 Å². The summed E-state index contributed by atoms with van der Waals surface area (Å²) in [5, 5.41) is 4.87. The predicted octanol–water partition coefficient (Wildman–Crippen LogP) is 4.13. The quantitative estimate of drug-likeness (QED) is 0.709. The van der Waals surface area contributed by atoms with Crippen molar-refractivity contribution in [2.75, 3.05) is 12.1 Å². The Balaban J connectivity index is 1.51. The SMILES string of the molecule is O=C(Nc1cccc(C#Cc2cccs2)c1)c1ccc2c(c1)OCO2. The Labute approximate surface area is 149 Å². The Kier molecular flexibility index (Phi) is 4.11. The monoisotopic (exact) mass is 347 g/mol. The number of hydrogen-bond donors (Lipinski definition) is 1. The Morgan fingerprint density at radius 1 is 1.00 bits per heavy atom. The summed E-state index contributed by atoms with van der Waals surface area (Å²) in [6.07, 6.45) is 0. The van der Waals surface area contributed by atoms with Gasteiger partial charge in [-0.1, -0.05) is 24.0 Å². The second-order valence-corrected chi connectivity index (χ2v) is 6.28. The molecule has 0 unspecified atom stereocenters. The molecule has 0 spiro atoms. The van der Waals surface area contributed by atoms with Crippen LogP contribution < -0.4 is 14.8 Å². The molecular formula is C20H13NO3S. The van der Waals surface area contributed by atoms with Crippen molar-refractivity contribution in [3.63, 3.8) is 0 Å². The number of anilines is 1. The Bertz CT molecular complexity index is 984. The standard InChI is InChI=1S/C20H13NO3S/c22-20(15-7-9-18-19(12-15)24-13-23-18)21-16-4-1-3-14(11-16)6-8-17-5-2-10-25-17/h1-5,7,9-12H,13H2,(H,21,22). The van der Waals surface area contributed by atoms with E-state index in [-0.39, 0.29) is 12.7 Å². The lowest BCUT2D eigenvalue weighted by Crippen LogP contribution is -2.11. The summed E-state index contributed by atoms with van der Waals surface area (Å²) in [6.45, 7) is 0.186. The molecule has 5 heteroatoms. The number of hydrogen-bond acceptors (Lipinski definition) is 4. The van der Waals surface area contributed by atoms with Crippen LogP contribution in [0.25, 0.3) is 0 Å². The Morgan fingerprint density at radius 2 is 1.92 bits per heavy atom. The molecule has 1 aromatic heterocycles. The second-order valence-electron chi connectivity index (χ2n) is 5.33. The molecule has 1 N–H and O–H groups in total. The topological polar surface area (TPSA) is 47.6 Å². The molecule has 0 bridgehead atoms. The van der Waals surface area contributed by atoms with Crippen LogP contribution in [0.3, 0.4) is 0 Å². The van der Waals surface area contributed by atoms with Gasteiger partial charge in [-0.15, -0.1) is 11.3 Å². The summed E-state index contributed by atoms with van der Waals surface area (Å²) in [5.41, 5.74) is 2.05. The van der Waals surface area contributed by atoms with E-state index in [1.165, 1.54) is 0 Å². The molecule has 25 heavy (non-hydrogen) atoms. The minimum Gasteiger partial charge on any atom is -0.454 e. The van der Waals surface area contributed by atoms with Gasteiger partial charge in [-0.25, -0.2) is 0 Å². The molecule has 0 saturated heterocycles. The molecule has 0 fully saturated rings. The van der Waals surface area contributed by atoms with Crippen molar-refractivity contribution in [3.8, 4) is 23.3 Å². The zero-order chi connectivity index (χ0) is 17.1. The predicted molar refractivity (Wildman–Crippen MR) is 97.3 cm³/mol. The molecule has 1 amide bonds. The number of benzene rings is 2. The number of nitrogens with one attached hydrogen (secondary N) is 1. The van der Waals surface area contributed by atoms with Crippen molar-refractivity contribution in [2.24, 2.45) is 0 Å². The average Bonchev–Trinajstić information content (AvgIpc) is 3.31. The molecule has 2 aromatic carbocycles. The highest BCUT2D eigenvalue weighted by atomic mass is 32.1. The van der Waals surface area contributed by atoms with E-state index in [0.717, 1.165) is 10.4 Å². The molecule has 4 nitrogen and oxygen atoms in total. The number of ether oxygens (including phenoxy) is 2. The fourth-order valence-corrected chi connectivity index (χ4v) is 2.97. The van der Waals surface area contributed by atoms with E-state index in [2.05, 4.69) is 17.2 Å². The molecule has 0 atom stereocenters. The third-order valence-electron chi connectivity index (χ3n) is 3.61. The van der Waals surface area contributed by atoms with Gasteiger partial charge in [0, 0.05) is 16.8 Å². The van der Waals surface area contributed by atoms with Gasteiger partial charge in [0.2, 0.25) is 6.79 Å². The summed E-state index contributed by atoms with van der Waals surface area (Å²) in [4.78, 5) is 13.4. The van der Waals surface area contributed by atoms with Crippen LogP contribution in [0.2, 0.25) is 0 Å². The molecular weight excluding hydrogens is 334 g/mol. The van der Waals surface area contributed by atoms with Gasteiger partial charge in [-0.2, -0.15) is 0 Å². The maximum atomic E-state index is 12.4. The van der Waals surface area contributed by atoms with Gasteiger partial charge in [-0.3, -0.25) is 4.79 Å². The molecule has 4 rings (SSSR count). The van der Waals surface area contributed by atoms with E-state index in [9.17, 15) is 4.79 Å². The fraction of sp³-hybridized carbons (Fsp3) is 0.0500. The van der Waals surface area contributed by atoms with Crippen LogP contribution in [0.5, 0.6) is 11.5 Å². The zero-order valence-corrected chi connectivity index (χ0v) is 13.9. The third kappa shape index (κ3) is 3.49. The van der Waals surface area contributed by atoms with Crippen LogP contribution in [0, 0.1) is 11.8 Å². The van der Waals surface area contributed by atoms with E-state index in [1.54, 1.807) is 29.5 Å². The second kappa shape index (κ2) is 6.71. The first-order chi connectivity index (χ1) is 12.3. The number of thiophene rings is 1. The minimum atomic E-state index is -0.207.